The fourth-order valence-electron chi connectivity index (χ4n) is 2.74. The Morgan fingerprint density at radius 3 is 2.64 bits per heavy atom. The molecule has 0 spiro atoms. The van der Waals surface area contributed by atoms with Crippen molar-refractivity contribution in [3.63, 3.8) is 0 Å². The van der Waals surface area contributed by atoms with Crippen molar-refractivity contribution in [3.8, 4) is 5.75 Å². The fraction of sp³-hybridized carbons (Fsp3) is 0.250. The van der Waals surface area contributed by atoms with E-state index in [0.717, 1.165) is 0 Å². The lowest BCUT2D eigenvalue weighted by Crippen LogP contribution is -2.36. The summed E-state index contributed by atoms with van der Waals surface area (Å²) in [6, 6.07) is 11.6. The van der Waals surface area contributed by atoms with Crippen LogP contribution in [0.15, 0.2) is 52.0 Å². The molecule has 1 aliphatic rings. The van der Waals surface area contributed by atoms with E-state index in [9.17, 15) is 8.42 Å². The summed E-state index contributed by atoms with van der Waals surface area (Å²) in [6.45, 7) is 2.52. The van der Waals surface area contributed by atoms with Crippen molar-refractivity contribution in [1.29, 1.82) is 0 Å². The van der Waals surface area contributed by atoms with Crippen molar-refractivity contribution < 1.29 is 22.0 Å². The molecule has 0 N–H and O–H groups in total. The lowest BCUT2D eigenvalue weighted by molar-refractivity contribution is 0.122. The summed E-state index contributed by atoms with van der Waals surface area (Å²) >= 11 is 0. The molecule has 0 atom stereocenters. The number of para-hydroxylation sites is 2. The van der Waals surface area contributed by atoms with Crippen LogP contribution in [0.25, 0.3) is 11.0 Å². The zero-order chi connectivity index (χ0) is 17.3. The predicted octanol–water partition coefficient (Wildman–Crippen LogP) is 1.83. The first-order chi connectivity index (χ1) is 12.1. The summed E-state index contributed by atoms with van der Waals surface area (Å²) < 4.78 is 40.9. The van der Waals surface area contributed by atoms with Gasteiger partial charge in [0.1, 0.15) is 10.4 Å². The number of rotatable bonds is 4. The molecule has 25 heavy (non-hydrogen) atoms. The minimum Gasteiger partial charge on any atom is -0.378 e. The van der Waals surface area contributed by atoms with Crippen molar-refractivity contribution in [2.24, 2.45) is 0 Å². The number of anilines is 1. The van der Waals surface area contributed by atoms with Gasteiger partial charge in [-0.25, -0.2) is 4.63 Å². The molecule has 0 aliphatic carbocycles. The second-order valence-corrected chi connectivity index (χ2v) is 7.01. The minimum atomic E-state index is -4.09. The summed E-state index contributed by atoms with van der Waals surface area (Å²) in [5, 5.41) is 7.33. The Morgan fingerprint density at radius 2 is 1.80 bits per heavy atom. The molecule has 0 saturated carbocycles. The van der Waals surface area contributed by atoms with E-state index in [1.807, 2.05) is 17.0 Å². The van der Waals surface area contributed by atoms with E-state index in [4.69, 9.17) is 8.92 Å². The molecule has 3 aromatic rings. The molecule has 1 saturated heterocycles. The summed E-state index contributed by atoms with van der Waals surface area (Å²) in [5.41, 5.74) is 1.21. The van der Waals surface area contributed by atoms with Crippen molar-refractivity contribution in [1.82, 2.24) is 10.3 Å². The van der Waals surface area contributed by atoms with Crippen molar-refractivity contribution in [2.75, 3.05) is 31.2 Å². The number of morpholine rings is 1. The molecule has 0 radical (unpaired) electrons. The van der Waals surface area contributed by atoms with E-state index in [0.29, 0.717) is 37.5 Å². The van der Waals surface area contributed by atoms with E-state index < -0.39 is 10.1 Å². The van der Waals surface area contributed by atoms with Crippen molar-refractivity contribution in [2.45, 2.75) is 4.90 Å². The van der Waals surface area contributed by atoms with Gasteiger partial charge in [0.2, 0.25) is 0 Å². The number of fused-ring (bicyclic) bond motifs is 1. The highest BCUT2D eigenvalue weighted by molar-refractivity contribution is 7.87. The lowest BCUT2D eigenvalue weighted by Gasteiger charge is -2.30. The average molecular weight is 361 g/mol. The molecule has 0 amide bonds. The van der Waals surface area contributed by atoms with Crippen LogP contribution in [-0.4, -0.2) is 45.0 Å². The molecule has 1 fully saturated rings. The van der Waals surface area contributed by atoms with E-state index in [-0.39, 0.29) is 16.2 Å². The smallest absolute Gasteiger partial charge is 0.341 e. The number of hydrogen-bond acceptors (Lipinski definition) is 8. The van der Waals surface area contributed by atoms with Crippen LogP contribution >= 0.6 is 0 Å². The van der Waals surface area contributed by atoms with Crippen molar-refractivity contribution in [3.05, 3.63) is 42.5 Å². The third-order valence-corrected chi connectivity index (χ3v) is 5.20. The molecule has 4 rings (SSSR count). The molecule has 1 aromatic heterocycles. The van der Waals surface area contributed by atoms with Gasteiger partial charge in [0.25, 0.3) is 0 Å². The number of benzene rings is 2. The Balaban J connectivity index is 1.71. The predicted molar refractivity (Wildman–Crippen MR) is 89.1 cm³/mol. The van der Waals surface area contributed by atoms with E-state index in [1.165, 1.54) is 6.07 Å². The van der Waals surface area contributed by atoms with Gasteiger partial charge in [0, 0.05) is 13.1 Å². The van der Waals surface area contributed by atoms with Crippen LogP contribution in [0.2, 0.25) is 0 Å². The van der Waals surface area contributed by atoms with Crippen LogP contribution in [0.4, 0.5) is 5.69 Å². The Kier molecular flexibility index (Phi) is 4.02. The molecule has 1 aliphatic heterocycles. The third kappa shape index (κ3) is 3.03. The SMILES string of the molecule is O=S(=O)(Oc1ccccc1N1CCOCC1)c1cccc2nonc12. The maximum absolute atomic E-state index is 12.8. The first-order valence-electron chi connectivity index (χ1n) is 7.73. The molecule has 9 heteroatoms. The van der Waals surface area contributed by atoms with Crippen LogP contribution < -0.4 is 9.08 Å². The summed E-state index contributed by atoms with van der Waals surface area (Å²) in [7, 11) is -4.09. The van der Waals surface area contributed by atoms with Crippen LogP contribution in [0.3, 0.4) is 0 Å². The molecular weight excluding hydrogens is 346 g/mol. The van der Waals surface area contributed by atoms with Crippen LogP contribution in [-0.2, 0) is 14.9 Å². The highest BCUT2D eigenvalue weighted by Gasteiger charge is 2.25. The Hall–Kier alpha value is -2.65. The van der Waals surface area contributed by atoms with Gasteiger partial charge >= 0.3 is 10.1 Å². The second kappa shape index (κ2) is 6.34. The van der Waals surface area contributed by atoms with E-state index >= 15 is 0 Å². The standard InChI is InChI=1S/C16H15N3O5S/c20-25(21,15-7-3-4-12-16(15)18-24-17-12)23-14-6-2-1-5-13(14)19-8-10-22-11-9-19/h1-7H,8-11H2. The molecule has 0 bridgehead atoms. The van der Waals surface area contributed by atoms with Gasteiger partial charge in [-0.3, -0.25) is 0 Å². The monoisotopic (exact) mass is 361 g/mol. The minimum absolute atomic E-state index is 0.0805. The van der Waals surface area contributed by atoms with Gasteiger partial charge < -0.3 is 13.8 Å². The van der Waals surface area contributed by atoms with Gasteiger partial charge in [-0.1, -0.05) is 18.2 Å². The van der Waals surface area contributed by atoms with Crippen LogP contribution in [0.1, 0.15) is 0 Å². The van der Waals surface area contributed by atoms with Crippen LogP contribution in [0, 0.1) is 0 Å². The Bertz CT molecular complexity index is 996. The molecule has 2 heterocycles. The molecule has 0 unspecified atom stereocenters. The first-order valence-corrected chi connectivity index (χ1v) is 9.13. The highest BCUT2D eigenvalue weighted by Crippen LogP contribution is 2.32. The van der Waals surface area contributed by atoms with Gasteiger partial charge in [-0.15, -0.1) is 0 Å². The van der Waals surface area contributed by atoms with Crippen molar-refractivity contribution >= 4 is 26.8 Å². The molecule has 130 valence electrons. The number of nitrogens with zero attached hydrogens (tertiary/aromatic N) is 3. The molecule has 8 nitrogen and oxygen atoms in total. The second-order valence-electron chi connectivity index (χ2n) is 5.49. The van der Waals surface area contributed by atoms with Gasteiger partial charge in [-0.05, 0) is 34.6 Å². The summed E-state index contributed by atoms with van der Waals surface area (Å²) in [6.07, 6.45) is 0. The van der Waals surface area contributed by atoms with Gasteiger partial charge in [0.05, 0.1) is 18.9 Å². The topological polar surface area (TPSA) is 94.8 Å². The average Bonchev–Trinajstić information content (AvgIpc) is 3.11. The quantitative estimate of drug-likeness (QED) is 0.650. The Morgan fingerprint density at radius 1 is 1.00 bits per heavy atom. The normalized spacial score (nSPS) is 15.4. The number of aromatic nitrogens is 2. The first kappa shape index (κ1) is 15.9. The maximum Gasteiger partial charge on any atom is 0.341 e. The fourth-order valence-corrected chi connectivity index (χ4v) is 3.83. The largest absolute Gasteiger partial charge is 0.378 e. The number of ether oxygens (including phenoxy) is 1. The summed E-state index contributed by atoms with van der Waals surface area (Å²) in [5.74, 6) is 0.262. The zero-order valence-electron chi connectivity index (χ0n) is 13.2. The lowest BCUT2D eigenvalue weighted by atomic mass is 10.2. The molecule has 2 aromatic carbocycles. The summed E-state index contributed by atoms with van der Waals surface area (Å²) in [4.78, 5) is 1.95. The molecular formula is C16H15N3O5S. The van der Waals surface area contributed by atoms with Crippen LogP contribution in [0.5, 0.6) is 5.75 Å². The van der Waals surface area contributed by atoms with E-state index in [2.05, 4.69) is 14.9 Å². The maximum atomic E-state index is 12.8. The Labute approximate surface area is 144 Å². The van der Waals surface area contributed by atoms with Gasteiger partial charge in [-0.2, -0.15) is 8.42 Å². The van der Waals surface area contributed by atoms with Gasteiger partial charge in [0.15, 0.2) is 11.3 Å². The third-order valence-electron chi connectivity index (χ3n) is 3.93. The highest BCUT2D eigenvalue weighted by atomic mass is 32.2. The zero-order valence-corrected chi connectivity index (χ0v) is 14.0. The number of hydrogen-bond donors (Lipinski definition) is 0. The van der Waals surface area contributed by atoms with E-state index in [1.54, 1.807) is 24.3 Å².